The zero-order valence-corrected chi connectivity index (χ0v) is 13.3. The molecule has 1 N–H and O–H groups in total. The molecule has 0 aliphatic heterocycles. The number of aliphatic hydroxyl groups is 1. The lowest BCUT2D eigenvalue weighted by atomic mass is 9.89. The summed E-state index contributed by atoms with van der Waals surface area (Å²) in [5.74, 6) is 0. The minimum atomic E-state index is -0.940. The average Bonchev–Trinajstić information content (AvgIpc) is 2.49. The van der Waals surface area contributed by atoms with Gasteiger partial charge < -0.3 is 5.11 Å². The number of hydrogen-bond donors (Lipinski definition) is 1. The Kier molecular flexibility index (Phi) is 3.79. The number of nitrogens with zero attached hydrogens (tertiary/aromatic N) is 1. The number of rotatable bonds is 3. The quantitative estimate of drug-likeness (QED) is 0.763. The number of halogens is 1. The van der Waals surface area contributed by atoms with Crippen molar-refractivity contribution in [3.63, 3.8) is 0 Å². The van der Waals surface area contributed by atoms with Gasteiger partial charge in [0.15, 0.2) is 0 Å². The Morgan fingerprint density at radius 2 is 1.81 bits per heavy atom. The highest BCUT2D eigenvalue weighted by molar-refractivity contribution is 9.10. The molecule has 2 nitrogen and oxygen atoms in total. The second kappa shape index (κ2) is 5.58. The van der Waals surface area contributed by atoms with Crippen molar-refractivity contribution in [3.05, 3.63) is 76.4 Å². The second-order valence-corrected chi connectivity index (χ2v) is 6.41. The van der Waals surface area contributed by atoms with Gasteiger partial charge in [0.25, 0.3) is 0 Å². The van der Waals surface area contributed by atoms with Crippen LogP contribution in [0.5, 0.6) is 0 Å². The monoisotopic (exact) mass is 341 g/mol. The highest BCUT2D eigenvalue weighted by atomic mass is 79.9. The summed E-state index contributed by atoms with van der Waals surface area (Å²) in [5, 5.41) is 11.9. The molecule has 0 amide bonds. The Balaban J connectivity index is 1.93. The van der Waals surface area contributed by atoms with E-state index in [2.05, 4.69) is 20.9 Å². The Bertz CT molecular complexity index is 766. The summed E-state index contributed by atoms with van der Waals surface area (Å²) < 4.78 is 1.04. The molecule has 3 aromatic rings. The first-order valence-electron chi connectivity index (χ1n) is 6.87. The molecule has 1 atom stereocenters. The van der Waals surface area contributed by atoms with Crippen LogP contribution >= 0.6 is 15.9 Å². The summed E-state index contributed by atoms with van der Waals surface area (Å²) in [5.41, 5.74) is 1.94. The fraction of sp³-hybridized carbons (Fsp3) is 0.167. The van der Waals surface area contributed by atoms with Crippen molar-refractivity contribution in [1.82, 2.24) is 4.98 Å². The van der Waals surface area contributed by atoms with Gasteiger partial charge in [0, 0.05) is 28.0 Å². The Hall–Kier alpha value is -1.71. The van der Waals surface area contributed by atoms with Crippen molar-refractivity contribution in [2.75, 3.05) is 0 Å². The Morgan fingerprint density at radius 3 is 2.57 bits per heavy atom. The van der Waals surface area contributed by atoms with Crippen molar-refractivity contribution in [2.24, 2.45) is 0 Å². The van der Waals surface area contributed by atoms with E-state index in [0.29, 0.717) is 6.42 Å². The third-order valence-corrected chi connectivity index (χ3v) is 4.20. The van der Waals surface area contributed by atoms with E-state index >= 15 is 0 Å². The lowest BCUT2D eigenvalue weighted by Crippen LogP contribution is -2.24. The number of aromatic nitrogens is 1. The van der Waals surface area contributed by atoms with Crippen molar-refractivity contribution < 1.29 is 5.11 Å². The van der Waals surface area contributed by atoms with E-state index in [4.69, 9.17) is 0 Å². The molecule has 0 fully saturated rings. The van der Waals surface area contributed by atoms with Gasteiger partial charge in [-0.05, 0) is 36.8 Å². The van der Waals surface area contributed by atoms with Crippen LogP contribution in [-0.2, 0) is 12.0 Å². The van der Waals surface area contributed by atoms with Crippen molar-refractivity contribution >= 4 is 26.8 Å². The molecule has 1 heterocycles. The van der Waals surface area contributed by atoms with Gasteiger partial charge in [0.1, 0.15) is 0 Å². The summed E-state index contributed by atoms with van der Waals surface area (Å²) in [6, 6.07) is 18.0. The molecule has 0 saturated heterocycles. The number of hydrogen-bond acceptors (Lipinski definition) is 2. The average molecular weight is 342 g/mol. The summed E-state index contributed by atoms with van der Waals surface area (Å²) in [7, 11) is 0. The van der Waals surface area contributed by atoms with Gasteiger partial charge in [0.05, 0.1) is 11.1 Å². The molecular weight excluding hydrogens is 326 g/mol. The van der Waals surface area contributed by atoms with Crippen LogP contribution in [0.15, 0.2) is 65.3 Å². The van der Waals surface area contributed by atoms with Crippen LogP contribution in [0.25, 0.3) is 10.9 Å². The first-order chi connectivity index (χ1) is 10.0. The Labute approximate surface area is 132 Å². The molecule has 21 heavy (non-hydrogen) atoms. The van der Waals surface area contributed by atoms with Crippen LogP contribution in [0.4, 0.5) is 0 Å². The largest absolute Gasteiger partial charge is 0.385 e. The summed E-state index contributed by atoms with van der Waals surface area (Å²) in [6.45, 7) is 1.83. The molecule has 0 saturated carbocycles. The van der Waals surface area contributed by atoms with Gasteiger partial charge in [-0.2, -0.15) is 0 Å². The zero-order valence-electron chi connectivity index (χ0n) is 11.8. The molecule has 3 rings (SSSR count). The maximum absolute atomic E-state index is 10.8. The highest BCUT2D eigenvalue weighted by Gasteiger charge is 2.24. The predicted octanol–water partition coefficient (Wildman–Crippen LogP) is 4.45. The highest BCUT2D eigenvalue weighted by Crippen LogP contribution is 2.27. The maximum Gasteiger partial charge on any atom is 0.0923 e. The fourth-order valence-electron chi connectivity index (χ4n) is 2.47. The van der Waals surface area contributed by atoms with Gasteiger partial charge in [-0.25, -0.2) is 0 Å². The standard InChI is InChI=1S/C18H16BrNO/c1-18(21,11-13-6-8-16(19)9-7-13)15-10-14-4-2-3-5-17(14)20-12-15/h2-10,12,21H,11H2,1H3. The number of para-hydroxylation sites is 1. The summed E-state index contributed by atoms with van der Waals surface area (Å²) in [4.78, 5) is 4.44. The minimum absolute atomic E-state index is 0.556. The normalized spacial score (nSPS) is 14.0. The molecular formula is C18H16BrNO. The molecule has 0 bridgehead atoms. The third kappa shape index (κ3) is 3.14. The summed E-state index contributed by atoms with van der Waals surface area (Å²) >= 11 is 3.42. The van der Waals surface area contributed by atoms with Crippen molar-refractivity contribution in [3.8, 4) is 0 Å². The smallest absolute Gasteiger partial charge is 0.0923 e. The fourth-order valence-corrected chi connectivity index (χ4v) is 2.73. The van der Waals surface area contributed by atoms with E-state index in [-0.39, 0.29) is 0 Å². The van der Waals surface area contributed by atoms with Crippen LogP contribution in [0.1, 0.15) is 18.1 Å². The van der Waals surface area contributed by atoms with Crippen LogP contribution < -0.4 is 0 Å². The first-order valence-corrected chi connectivity index (χ1v) is 7.66. The molecule has 1 unspecified atom stereocenters. The second-order valence-electron chi connectivity index (χ2n) is 5.49. The van der Waals surface area contributed by atoms with E-state index < -0.39 is 5.60 Å². The molecule has 1 aromatic heterocycles. The van der Waals surface area contributed by atoms with E-state index in [0.717, 1.165) is 26.5 Å². The topological polar surface area (TPSA) is 33.1 Å². The SMILES string of the molecule is CC(O)(Cc1ccc(Br)cc1)c1cnc2ccccc2c1. The molecule has 0 spiro atoms. The number of pyridine rings is 1. The minimum Gasteiger partial charge on any atom is -0.385 e. The van der Waals surface area contributed by atoms with Gasteiger partial charge in [-0.15, -0.1) is 0 Å². The molecule has 106 valence electrons. The lowest BCUT2D eigenvalue weighted by molar-refractivity contribution is 0.0574. The van der Waals surface area contributed by atoms with E-state index in [1.807, 2.05) is 61.5 Å². The molecule has 3 heteroatoms. The van der Waals surface area contributed by atoms with Crippen LogP contribution in [0.2, 0.25) is 0 Å². The molecule has 0 aliphatic rings. The van der Waals surface area contributed by atoms with E-state index in [1.165, 1.54) is 0 Å². The first kappa shape index (κ1) is 14.2. The van der Waals surface area contributed by atoms with Gasteiger partial charge >= 0.3 is 0 Å². The summed E-state index contributed by atoms with van der Waals surface area (Å²) in [6.07, 6.45) is 2.32. The number of fused-ring (bicyclic) bond motifs is 1. The van der Waals surface area contributed by atoms with Crippen molar-refractivity contribution in [2.45, 2.75) is 18.9 Å². The van der Waals surface area contributed by atoms with Gasteiger partial charge in [-0.3, -0.25) is 4.98 Å². The van der Waals surface area contributed by atoms with Gasteiger partial charge in [-0.1, -0.05) is 46.3 Å². The van der Waals surface area contributed by atoms with E-state index in [1.54, 1.807) is 6.20 Å². The van der Waals surface area contributed by atoms with Crippen molar-refractivity contribution in [1.29, 1.82) is 0 Å². The molecule has 2 aromatic carbocycles. The third-order valence-electron chi connectivity index (χ3n) is 3.67. The lowest BCUT2D eigenvalue weighted by Gasteiger charge is -2.24. The van der Waals surface area contributed by atoms with Gasteiger partial charge in [0.2, 0.25) is 0 Å². The van der Waals surface area contributed by atoms with E-state index in [9.17, 15) is 5.11 Å². The molecule has 0 radical (unpaired) electrons. The number of benzene rings is 2. The van der Waals surface area contributed by atoms with Crippen LogP contribution in [0.3, 0.4) is 0 Å². The van der Waals surface area contributed by atoms with Crippen LogP contribution in [-0.4, -0.2) is 10.1 Å². The zero-order chi connectivity index (χ0) is 14.9. The Morgan fingerprint density at radius 1 is 1.10 bits per heavy atom. The maximum atomic E-state index is 10.8. The van der Waals surface area contributed by atoms with Crippen LogP contribution in [0, 0.1) is 0 Å². The molecule has 0 aliphatic carbocycles. The predicted molar refractivity (Wildman–Crippen MR) is 89.2 cm³/mol.